The minimum Gasteiger partial charge on any atom is -0.497 e. The number of hydrogen-bond acceptors (Lipinski definition) is 7. The maximum atomic E-state index is 12.6. The van der Waals surface area contributed by atoms with E-state index in [1.165, 1.54) is 24.8 Å². The summed E-state index contributed by atoms with van der Waals surface area (Å²) in [7, 11) is 1.65. The molecule has 0 saturated heterocycles. The van der Waals surface area contributed by atoms with Crippen LogP contribution in [0, 0.1) is 0 Å². The van der Waals surface area contributed by atoms with E-state index in [-0.39, 0.29) is 11.5 Å². The molecule has 9 heteroatoms. The summed E-state index contributed by atoms with van der Waals surface area (Å²) in [6, 6.07) is 13.9. The van der Waals surface area contributed by atoms with Crippen LogP contribution in [0.15, 0.2) is 52.0 Å². The Morgan fingerprint density at radius 2 is 1.75 bits per heavy atom. The molecule has 1 fully saturated rings. The molecule has 2 N–H and O–H groups in total. The van der Waals surface area contributed by atoms with Gasteiger partial charge in [-0.3, -0.25) is 4.79 Å². The van der Waals surface area contributed by atoms with Crippen molar-refractivity contribution in [1.82, 2.24) is 10.7 Å². The Morgan fingerprint density at radius 1 is 0.977 bits per heavy atom. The topological polar surface area (TPSA) is 111 Å². The first-order valence-electron chi connectivity index (χ1n) is 15.9. The number of nitrogens with one attached hydrogen (secondary N) is 2. The van der Waals surface area contributed by atoms with Crippen LogP contribution < -0.4 is 25.8 Å². The van der Waals surface area contributed by atoms with Gasteiger partial charge in [-0.1, -0.05) is 25.0 Å². The molecule has 0 radical (unpaired) electrons. The quantitative estimate of drug-likeness (QED) is 0.198. The second kappa shape index (κ2) is 13.7. The van der Waals surface area contributed by atoms with Crippen molar-refractivity contribution in [3.05, 3.63) is 53.6 Å². The largest absolute Gasteiger partial charge is 0.497 e. The number of benzene rings is 2. The predicted molar refractivity (Wildman–Crippen MR) is 169 cm³/mol. The Kier molecular flexibility index (Phi) is 9.81. The predicted octanol–water partition coefficient (Wildman–Crippen LogP) is 7.15. The van der Waals surface area contributed by atoms with Crippen LogP contribution in [0.4, 0.5) is 4.79 Å². The van der Waals surface area contributed by atoms with Gasteiger partial charge in [0.15, 0.2) is 0 Å². The number of aryl methyl sites for hydroxylation is 1. The van der Waals surface area contributed by atoms with E-state index in [4.69, 9.17) is 18.6 Å². The van der Waals surface area contributed by atoms with Gasteiger partial charge < -0.3 is 23.9 Å². The number of alkyl carbamates (subject to hydrolysis) is 1. The molecule has 1 aliphatic carbocycles. The fraction of sp³-hybridized carbons (Fsp3) is 0.514. The van der Waals surface area contributed by atoms with Gasteiger partial charge in [0.2, 0.25) is 11.5 Å². The molecule has 9 nitrogen and oxygen atoms in total. The number of rotatable bonds is 9. The van der Waals surface area contributed by atoms with Crippen LogP contribution in [0.2, 0.25) is 0 Å². The van der Waals surface area contributed by atoms with Crippen molar-refractivity contribution in [2.24, 2.45) is 5.10 Å². The number of carbonyl (C=O) groups excluding carboxylic acids is 2. The molecule has 1 saturated carbocycles. The van der Waals surface area contributed by atoms with Crippen LogP contribution in [0.25, 0.3) is 22.1 Å². The molecule has 0 atom stereocenters. The van der Waals surface area contributed by atoms with E-state index in [1.54, 1.807) is 7.11 Å². The number of hydrogen-bond donors (Lipinski definition) is 2. The minimum absolute atomic E-state index is 0.0699. The van der Waals surface area contributed by atoms with Crippen molar-refractivity contribution in [2.45, 2.75) is 103 Å². The van der Waals surface area contributed by atoms with Gasteiger partial charge in [-0.15, -0.1) is 5.10 Å². The Morgan fingerprint density at radius 3 is 2.48 bits per heavy atom. The van der Waals surface area contributed by atoms with Crippen LogP contribution in [-0.4, -0.2) is 36.9 Å². The zero-order valence-electron chi connectivity index (χ0n) is 26.4. The maximum Gasteiger partial charge on any atom is 0.407 e. The number of unbranched alkanes of at least 4 members (excludes halogenated alkanes) is 2. The second-order valence-corrected chi connectivity index (χ2v) is 12.9. The van der Waals surface area contributed by atoms with Crippen molar-refractivity contribution in [1.29, 1.82) is 0 Å². The monoisotopic (exact) mass is 603 g/mol. The lowest BCUT2D eigenvalue weighted by molar-refractivity contribution is -0.121. The minimum atomic E-state index is -0.524. The third-order valence-corrected chi connectivity index (χ3v) is 8.32. The van der Waals surface area contributed by atoms with E-state index >= 15 is 0 Å². The number of methoxy groups -OCH3 is 1. The Hall–Kier alpha value is -4.01. The summed E-state index contributed by atoms with van der Waals surface area (Å²) in [6.45, 7) is 5.98. The molecule has 2 heterocycles. The highest BCUT2D eigenvalue weighted by Gasteiger charge is 2.37. The van der Waals surface area contributed by atoms with Crippen LogP contribution in [0.3, 0.4) is 0 Å². The van der Waals surface area contributed by atoms with Crippen LogP contribution in [-0.2, 0) is 16.0 Å². The zero-order chi connectivity index (χ0) is 31.2. The summed E-state index contributed by atoms with van der Waals surface area (Å²) in [4.78, 5) is 24.4. The zero-order valence-corrected chi connectivity index (χ0v) is 26.4. The molecular formula is C35H45N3O6. The van der Waals surface area contributed by atoms with E-state index in [1.807, 2.05) is 57.2 Å². The fourth-order valence-electron chi connectivity index (χ4n) is 6.06. The van der Waals surface area contributed by atoms with Crippen molar-refractivity contribution in [3.63, 3.8) is 0 Å². The van der Waals surface area contributed by atoms with Gasteiger partial charge in [-0.25, -0.2) is 10.2 Å². The van der Waals surface area contributed by atoms with Crippen molar-refractivity contribution >= 4 is 23.0 Å². The molecular weight excluding hydrogens is 558 g/mol. The lowest BCUT2D eigenvalue weighted by Crippen LogP contribution is -2.41. The van der Waals surface area contributed by atoms with Crippen LogP contribution in [0.5, 0.6) is 11.5 Å². The molecule has 2 amide bonds. The molecule has 0 bridgehead atoms. The van der Waals surface area contributed by atoms with Crippen LogP contribution >= 0.6 is 0 Å². The summed E-state index contributed by atoms with van der Waals surface area (Å²) in [6.07, 6.45) is 10.0. The summed E-state index contributed by atoms with van der Waals surface area (Å²) in [5.74, 6) is 1.47. The van der Waals surface area contributed by atoms with Crippen molar-refractivity contribution < 1.29 is 28.2 Å². The number of amides is 2. The average molecular weight is 604 g/mol. The maximum absolute atomic E-state index is 12.6. The van der Waals surface area contributed by atoms with E-state index < -0.39 is 11.7 Å². The van der Waals surface area contributed by atoms with Crippen LogP contribution in [0.1, 0.15) is 90.5 Å². The van der Waals surface area contributed by atoms with Gasteiger partial charge in [-0.2, -0.15) is 0 Å². The van der Waals surface area contributed by atoms with Gasteiger partial charge >= 0.3 is 6.09 Å². The van der Waals surface area contributed by atoms with E-state index in [9.17, 15) is 9.59 Å². The molecule has 3 aromatic rings. The van der Waals surface area contributed by atoms with Gasteiger partial charge in [0.25, 0.3) is 0 Å². The summed E-state index contributed by atoms with van der Waals surface area (Å²) in [5, 5.41) is 8.05. The number of ether oxygens (including phenoxy) is 3. The number of carbonyl (C=O) groups is 2. The summed E-state index contributed by atoms with van der Waals surface area (Å²) >= 11 is 0. The third kappa shape index (κ3) is 8.12. The average Bonchev–Trinajstić information content (AvgIpc) is 3.00. The lowest BCUT2D eigenvalue weighted by atomic mass is 9.79. The fourth-order valence-corrected chi connectivity index (χ4v) is 6.06. The van der Waals surface area contributed by atoms with Gasteiger partial charge in [0.05, 0.1) is 7.11 Å². The van der Waals surface area contributed by atoms with Gasteiger partial charge in [0, 0.05) is 30.5 Å². The number of nitrogens with zero attached hydrogens (tertiary/aromatic N) is 1. The Balaban J connectivity index is 1.29. The highest BCUT2D eigenvalue weighted by atomic mass is 16.6. The molecule has 0 unspecified atom stereocenters. The molecule has 2 aromatic carbocycles. The molecule has 1 aromatic heterocycles. The normalized spacial score (nSPS) is 16.2. The first-order valence-corrected chi connectivity index (χ1v) is 15.9. The highest BCUT2D eigenvalue weighted by molar-refractivity contribution is 5.94. The van der Waals surface area contributed by atoms with Crippen molar-refractivity contribution in [2.75, 3.05) is 13.7 Å². The molecule has 236 valence electrons. The van der Waals surface area contributed by atoms with Gasteiger partial charge in [0.1, 0.15) is 28.3 Å². The summed E-state index contributed by atoms with van der Waals surface area (Å²) < 4.78 is 23.5. The summed E-state index contributed by atoms with van der Waals surface area (Å²) in [5.41, 5.74) is 6.18. The SMILES string of the molecule is COc1ccc(-c2cc(=NNC(=O)CCCCCNC(=O)OC(C)(C)C)oc3cc4c(cc23)CCC2(CCCCC2)O4)cc1. The molecule has 1 aliphatic heterocycles. The lowest BCUT2D eigenvalue weighted by Gasteiger charge is -2.41. The first kappa shape index (κ1) is 31.4. The Bertz CT molecular complexity index is 1530. The first-order chi connectivity index (χ1) is 21.1. The van der Waals surface area contributed by atoms with Gasteiger partial charge in [-0.05, 0) is 107 Å². The Labute approximate surface area is 259 Å². The second-order valence-electron chi connectivity index (χ2n) is 12.9. The van der Waals surface area contributed by atoms with E-state index in [0.29, 0.717) is 30.5 Å². The number of fused-ring (bicyclic) bond motifs is 2. The molecule has 1 spiro atoms. The van der Waals surface area contributed by atoms with Crippen molar-refractivity contribution in [3.8, 4) is 22.6 Å². The third-order valence-electron chi connectivity index (χ3n) is 8.32. The van der Waals surface area contributed by atoms with E-state index in [2.05, 4.69) is 21.9 Å². The smallest absolute Gasteiger partial charge is 0.407 e. The molecule has 44 heavy (non-hydrogen) atoms. The molecule has 2 aliphatic rings. The van der Waals surface area contributed by atoms with E-state index in [0.717, 1.165) is 66.5 Å². The standard InChI is InChI=1S/C35H45N3O6/c1-34(2,3)44-33(40)36-20-10-5-7-11-31(39)37-38-32-22-27(24-12-14-26(41-4)15-13-24)28-21-25-16-19-35(17-8-6-9-18-35)43-29(25)23-30(28)42-32/h12-15,21-23H,5-11,16-20H2,1-4H3,(H,36,40)(H,37,39). The molecule has 5 rings (SSSR count). The highest BCUT2D eigenvalue weighted by Crippen LogP contribution is 2.44.